The lowest BCUT2D eigenvalue weighted by Gasteiger charge is -1.98. The Kier molecular flexibility index (Phi) is 2.69. The topological polar surface area (TPSA) is 46.9 Å². The van der Waals surface area contributed by atoms with Gasteiger partial charge in [0.1, 0.15) is 6.54 Å². The summed E-state index contributed by atoms with van der Waals surface area (Å²) >= 11 is 3.52. The Morgan fingerprint density at radius 2 is 2.58 bits per heavy atom. The van der Waals surface area contributed by atoms with Gasteiger partial charge in [0, 0.05) is 6.07 Å². The molecule has 0 fully saturated rings. The van der Waals surface area contributed by atoms with Crippen molar-refractivity contribution in [2.75, 3.05) is 0 Å². The summed E-state index contributed by atoms with van der Waals surface area (Å²) < 4.78 is 15.9. The van der Waals surface area contributed by atoms with Gasteiger partial charge in [0.15, 0.2) is 0 Å². The number of hydrogen-bond acceptors (Lipinski definition) is 3. The summed E-state index contributed by atoms with van der Waals surface area (Å²) in [7, 11) is 0. The number of carbonyl (C=O) groups excluding carboxylic acids is 1. The number of nitrogens with one attached hydrogen (secondary N) is 1. The van der Waals surface area contributed by atoms with Gasteiger partial charge in [-0.1, -0.05) is 12.8 Å². The number of amides is 1. The van der Waals surface area contributed by atoms with Crippen LogP contribution in [0, 0.1) is 12.9 Å². The van der Waals surface area contributed by atoms with E-state index in [0.29, 0.717) is 5.69 Å². The molecule has 4 nitrogen and oxygen atoms in total. The highest BCUT2D eigenvalue weighted by atomic mass is 32.1. The zero-order valence-electron chi connectivity index (χ0n) is 6.41. The van der Waals surface area contributed by atoms with Crippen LogP contribution in [0.5, 0.6) is 0 Å². The summed E-state index contributed by atoms with van der Waals surface area (Å²) in [6.45, 7) is 1.50. The van der Waals surface area contributed by atoms with E-state index in [0.717, 1.165) is 4.68 Å². The number of nitrogens with zero attached hydrogens (tertiary/aromatic N) is 2. The van der Waals surface area contributed by atoms with E-state index in [1.54, 1.807) is 6.92 Å². The first-order chi connectivity index (χ1) is 5.63. The van der Waals surface area contributed by atoms with Gasteiger partial charge in [-0.25, -0.2) is 4.68 Å². The molecule has 0 aromatic carbocycles. The second-order valence-electron chi connectivity index (χ2n) is 2.30. The average Bonchev–Trinajstić information content (AvgIpc) is 2.30. The Hall–Kier alpha value is -1.04. The fourth-order valence-corrected chi connectivity index (χ4v) is 0.867. The van der Waals surface area contributed by atoms with Crippen LogP contribution in [-0.4, -0.2) is 15.7 Å². The third-order valence-corrected chi connectivity index (χ3v) is 1.52. The van der Waals surface area contributed by atoms with E-state index in [9.17, 15) is 9.18 Å². The predicted molar refractivity (Wildman–Crippen MR) is 44.1 cm³/mol. The van der Waals surface area contributed by atoms with Crippen molar-refractivity contribution in [2.24, 2.45) is 0 Å². The molecule has 12 heavy (non-hydrogen) atoms. The average molecular weight is 189 g/mol. The summed E-state index contributed by atoms with van der Waals surface area (Å²) in [5.41, 5.74) is 0.541. The maximum Gasteiger partial charge on any atom is 0.251 e. The van der Waals surface area contributed by atoms with E-state index >= 15 is 0 Å². The summed E-state index contributed by atoms with van der Waals surface area (Å²) in [6, 6.07) is 1.26. The van der Waals surface area contributed by atoms with Gasteiger partial charge in [0.25, 0.3) is 5.91 Å². The first-order valence-corrected chi connectivity index (χ1v) is 3.71. The first-order valence-electron chi connectivity index (χ1n) is 3.26. The second kappa shape index (κ2) is 3.57. The number of carbonyl (C=O) groups is 1. The van der Waals surface area contributed by atoms with Gasteiger partial charge in [-0.2, -0.15) is 9.49 Å². The van der Waals surface area contributed by atoms with Gasteiger partial charge in [-0.15, -0.1) is 0 Å². The standard InChI is InChI=1S/C6H8FN3OS/c1-4-2-5(7)10(8-4)3-6(11)9-12/h2,12H,3H2,1H3,(H,9,11). The Morgan fingerprint density at radius 3 is 3.00 bits per heavy atom. The molecule has 1 heterocycles. The number of rotatable bonds is 2. The normalized spacial score (nSPS) is 9.92. The molecule has 0 spiro atoms. The lowest BCUT2D eigenvalue weighted by Crippen LogP contribution is -2.21. The van der Waals surface area contributed by atoms with Crippen molar-refractivity contribution < 1.29 is 9.18 Å². The van der Waals surface area contributed by atoms with Crippen molar-refractivity contribution in [3.05, 3.63) is 17.7 Å². The predicted octanol–water partition coefficient (Wildman–Crippen LogP) is 0.292. The Balaban J connectivity index is 2.75. The van der Waals surface area contributed by atoms with Crippen molar-refractivity contribution >= 4 is 18.7 Å². The molecule has 0 saturated carbocycles. The molecule has 0 atom stereocenters. The number of hydrogen-bond donors (Lipinski definition) is 2. The van der Waals surface area contributed by atoms with E-state index in [1.807, 2.05) is 0 Å². The SMILES string of the molecule is Cc1cc(F)n(CC(=O)NS)n1. The van der Waals surface area contributed by atoms with Crippen LogP contribution >= 0.6 is 12.8 Å². The van der Waals surface area contributed by atoms with Crippen LogP contribution in [0.2, 0.25) is 0 Å². The molecule has 1 amide bonds. The molecule has 0 saturated heterocycles. The second-order valence-corrected chi connectivity index (χ2v) is 2.52. The molecule has 0 bridgehead atoms. The number of halogens is 1. The molecule has 0 aliphatic heterocycles. The van der Waals surface area contributed by atoms with Gasteiger partial charge in [0.2, 0.25) is 5.95 Å². The maximum atomic E-state index is 12.8. The minimum Gasteiger partial charge on any atom is -0.301 e. The Morgan fingerprint density at radius 1 is 1.92 bits per heavy atom. The smallest absolute Gasteiger partial charge is 0.251 e. The highest BCUT2D eigenvalue weighted by Crippen LogP contribution is 2.00. The van der Waals surface area contributed by atoms with Gasteiger partial charge in [-0.3, -0.25) is 4.79 Å². The van der Waals surface area contributed by atoms with Crippen molar-refractivity contribution in [3.8, 4) is 0 Å². The van der Waals surface area contributed by atoms with E-state index in [1.165, 1.54) is 6.07 Å². The van der Waals surface area contributed by atoms with Gasteiger partial charge in [-0.05, 0) is 6.92 Å². The third-order valence-electron chi connectivity index (χ3n) is 1.27. The quantitative estimate of drug-likeness (QED) is 0.657. The number of aryl methyl sites for hydroxylation is 1. The maximum absolute atomic E-state index is 12.8. The lowest BCUT2D eigenvalue weighted by molar-refractivity contribution is -0.120. The number of thiol groups is 1. The molecule has 1 rings (SSSR count). The van der Waals surface area contributed by atoms with Crippen LogP contribution in [-0.2, 0) is 11.3 Å². The fraction of sp³-hybridized carbons (Fsp3) is 0.333. The summed E-state index contributed by atoms with van der Waals surface area (Å²) in [5.74, 6) is -0.926. The van der Waals surface area contributed by atoms with Gasteiger partial charge >= 0.3 is 0 Å². The minimum atomic E-state index is -0.524. The van der Waals surface area contributed by atoms with Crippen LogP contribution < -0.4 is 4.72 Å². The summed E-state index contributed by atoms with van der Waals surface area (Å²) in [5, 5.41) is 3.75. The molecule has 1 aromatic rings. The summed E-state index contributed by atoms with van der Waals surface area (Å²) in [4.78, 5) is 10.7. The minimum absolute atomic E-state index is 0.150. The monoisotopic (exact) mass is 189 g/mol. The first kappa shape index (κ1) is 9.05. The highest BCUT2D eigenvalue weighted by Gasteiger charge is 2.07. The molecule has 0 aliphatic rings. The highest BCUT2D eigenvalue weighted by molar-refractivity contribution is 7.78. The zero-order valence-corrected chi connectivity index (χ0v) is 7.31. The van der Waals surface area contributed by atoms with E-state index in [2.05, 4.69) is 22.6 Å². The van der Waals surface area contributed by atoms with Crippen LogP contribution in [0.15, 0.2) is 6.07 Å². The fourth-order valence-electron chi connectivity index (χ4n) is 0.796. The molecule has 6 heteroatoms. The Bertz CT molecular complexity index is 299. The molecule has 0 aliphatic carbocycles. The van der Waals surface area contributed by atoms with Crippen LogP contribution in [0.3, 0.4) is 0 Å². The van der Waals surface area contributed by atoms with E-state index < -0.39 is 11.9 Å². The molecular weight excluding hydrogens is 181 g/mol. The van der Waals surface area contributed by atoms with Crippen molar-refractivity contribution in [1.82, 2.24) is 14.5 Å². The Labute approximate surface area is 74.3 Å². The largest absolute Gasteiger partial charge is 0.301 e. The van der Waals surface area contributed by atoms with Crippen LogP contribution in [0.1, 0.15) is 5.69 Å². The third kappa shape index (κ3) is 1.97. The lowest BCUT2D eigenvalue weighted by atomic mass is 10.5. The number of aromatic nitrogens is 2. The van der Waals surface area contributed by atoms with Crippen molar-refractivity contribution in [2.45, 2.75) is 13.5 Å². The van der Waals surface area contributed by atoms with E-state index in [-0.39, 0.29) is 6.54 Å². The van der Waals surface area contributed by atoms with E-state index in [4.69, 9.17) is 0 Å². The molecule has 1 aromatic heterocycles. The molecule has 1 N–H and O–H groups in total. The summed E-state index contributed by atoms with van der Waals surface area (Å²) in [6.07, 6.45) is 0. The van der Waals surface area contributed by atoms with Crippen molar-refractivity contribution in [3.63, 3.8) is 0 Å². The van der Waals surface area contributed by atoms with Gasteiger partial charge < -0.3 is 4.72 Å². The van der Waals surface area contributed by atoms with Gasteiger partial charge in [0.05, 0.1) is 5.69 Å². The molecule has 0 radical (unpaired) electrons. The molecular formula is C6H8FN3OS. The van der Waals surface area contributed by atoms with Crippen molar-refractivity contribution in [1.29, 1.82) is 0 Å². The molecule has 0 unspecified atom stereocenters. The van der Waals surface area contributed by atoms with Crippen LogP contribution in [0.25, 0.3) is 0 Å². The van der Waals surface area contributed by atoms with Crippen LogP contribution in [0.4, 0.5) is 4.39 Å². The molecule has 66 valence electrons. The zero-order chi connectivity index (χ0) is 9.14.